The lowest BCUT2D eigenvalue weighted by atomic mass is 10.3. The van der Waals surface area contributed by atoms with E-state index in [4.69, 9.17) is 9.47 Å². The van der Waals surface area contributed by atoms with E-state index in [0.29, 0.717) is 30.1 Å². The Labute approximate surface area is 98.8 Å². The third-order valence-corrected chi connectivity index (χ3v) is 2.32. The molecule has 2 aromatic rings. The Hall–Kier alpha value is -1.46. The topological polar surface area (TPSA) is 47.1 Å². The number of rotatable bonds is 5. The number of ether oxygens (including phenoxy) is 2. The van der Waals surface area contributed by atoms with Crippen LogP contribution in [0.25, 0.3) is 11.0 Å². The third kappa shape index (κ3) is 2.62. The number of H-pyrrole nitrogens is 1. The summed E-state index contributed by atoms with van der Waals surface area (Å²) >= 11 is 0. The van der Waals surface area contributed by atoms with Gasteiger partial charge < -0.3 is 14.5 Å². The van der Waals surface area contributed by atoms with Crippen LogP contribution in [0.1, 0.15) is 26.0 Å². The van der Waals surface area contributed by atoms with Crippen molar-refractivity contribution in [3.8, 4) is 0 Å². The zero-order valence-electron chi connectivity index (χ0n) is 9.87. The van der Waals surface area contributed by atoms with Gasteiger partial charge in [-0.2, -0.15) is 0 Å². The summed E-state index contributed by atoms with van der Waals surface area (Å²) in [5.74, 6) is 0.270. The molecule has 0 atom stereocenters. The minimum Gasteiger partial charge on any atom is -0.346 e. The van der Waals surface area contributed by atoms with Crippen molar-refractivity contribution in [3.63, 3.8) is 0 Å². The van der Waals surface area contributed by atoms with Crippen LogP contribution in [0.5, 0.6) is 0 Å². The van der Waals surface area contributed by atoms with Crippen molar-refractivity contribution in [2.24, 2.45) is 0 Å². The smallest absolute Gasteiger partial charge is 0.217 e. The summed E-state index contributed by atoms with van der Waals surface area (Å²) in [7, 11) is 0. The Morgan fingerprint density at radius 1 is 1.29 bits per heavy atom. The maximum absolute atomic E-state index is 13.0. The van der Waals surface area contributed by atoms with Crippen LogP contribution in [0.3, 0.4) is 0 Å². The van der Waals surface area contributed by atoms with Gasteiger partial charge in [0.05, 0.1) is 11.0 Å². The minimum absolute atomic E-state index is 0.294. The Bertz CT molecular complexity index is 492. The lowest BCUT2D eigenvalue weighted by molar-refractivity contribution is -0.144. The number of fused-ring (bicyclic) bond motifs is 1. The van der Waals surface area contributed by atoms with Crippen molar-refractivity contribution in [2.75, 3.05) is 13.2 Å². The van der Waals surface area contributed by atoms with Crippen LogP contribution >= 0.6 is 0 Å². The molecule has 5 heteroatoms. The molecule has 1 aromatic carbocycles. The van der Waals surface area contributed by atoms with E-state index in [-0.39, 0.29) is 5.82 Å². The van der Waals surface area contributed by atoms with Gasteiger partial charge in [0.2, 0.25) is 6.29 Å². The van der Waals surface area contributed by atoms with Crippen LogP contribution in [-0.2, 0) is 9.47 Å². The molecule has 0 saturated heterocycles. The van der Waals surface area contributed by atoms with Crippen molar-refractivity contribution in [2.45, 2.75) is 20.1 Å². The van der Waals surface area contributed by atoms with Crippen LogP contribution in [0, 0.1) is 5.82 Å². The zero-order valence-corrected chi connectivity index (χ0v) is 9.87. The average molecular weight is 238 g/mol. The normalized spacial score (nSPS) is 11.5. The van der Waals surface area contributed by atoms with E-state index in [9.17, 15) is 4.39 Å². The highest BCUT2D eigenvalue weighted by atomic mass is 19.1. The van der Waals surface area contributed by atoms with Gasteiger partial charge in [-0.15, -0.1) is 0 Å². The fourth-order valence-corrected chi connectivity index (χ4v) is 1.62. The second-order valence-electron chi connectivity index (χ2n) is 3.53. The summed E-state index contributed by atoms with van der Waals surface area (Å²) in [6.07, 6.45) is -0.527. The quantitative estimate of drug-likeness (QED) is 0.815. The van der Waals surface area contributed by atoms with Gasteiger partial charge in [-0.3, -0.25) is 0 Å². The molecular weight excluding hydrogens is 223 g/mol. The highest BCUT2D eigenvalue weighted by Crippen LogP contribution is 2.20. The predicted molar refractivity (Wildman–Crippen MR) is 62.0 cm³/mol. The van der Waals surface area contributed by atoms with E-state index >= 15 is 0 Å². The Morgan fingerprint density at radius 2 is 2.00 bits per heavy atom. The number of aromatic amines is 1. The molecule has 0 bridgehead atoms. The summed E-state index contributed by atoms with van der Waals surface area (Å²) in [5.41, 5.74) is 1.34. The standard InChI is InChI=1S/C12H15FN2O2/c1-3-16-12(17-4-2)11-14-9-6-5-8(13)7-10(9)15-11/h5-7,12H,3-4H2,1-2H3,(H,14,15). The molecule has 4 nitrogen and oxygen atoms in total. The molecular formula is C12H15FN2O2. The lowest BCUT2D eigenvalue weighted by Gasteiger charge is -2.13. The number of benzene rings is 1. The van der Waals surface area contributed by atoms with Crippen molar-refractivity contribution >= 4 is 11.0 Å². The number of aromatic nitrogens is 2. The van der Waals surface area contributed by atoms with Crippen LogP contribution in [0.4, 0.5) is 4.39 Å². The monoisotopic (exact) mass is 238 g/mol. The van der Waals surface area contributed by atoms with E-state index in [0.717, 1.165) is 0 Å². The van der Waals surface area contributed by atoms with Crippen molar-refractivity contribution in [1.82, 2.24) is 9.97 Å². The second-order valence-corrected chi connectivity index (χ2v) is 3.53. The average Bonchev–Trinajstić information content (AvgIpc) is 2.71. The zero-order chi connectivity index (χ0) is 12.3. The van der Waals surface area contributed by atoms with Crippen LogP contribution in [-0.4, -0.2) is 23.2 Å². The van der Waals surface area contributed by atoms with Gasteiger partial charge >= 0.3 is 0 Å². The molecule has 0 aliphatic heterocycles. The first-order chi connectivity index (χ1) is 8.24. The number of nitrogens with zero attached hydrogens (tertiary/aromatic N) is 1. The van der Waals surface area contributed by atoms with E-state index in [2.05, 4.69) is 9.97 Å². The maximum atomic E-state index is 13.0. The van der Waals surface area contributed by atoms with Crippen molar-refractivity contribution in [3.05, 3.63) is 29.8 Å². The van der Waals surface area contributed by atoms with Gasteiger partial charge in [0, 0.05) is 13.2 Å². The van der Waals surface area contributed by atoms with Crippen LogP contribution in [0.2, 0.25) is 0 Å². The SMILES string of the molecule is CCOC(OCC)c1nc2ccc(F)cc2[nH]1. The summed E-state index contributed by atoms with van der Waals surface area (Å²) in [6, 6.07) is 4.41. The summed E-state index contributed by atoms with van der Waals surface area (Å²) < 4.78 is 23.9. The molecule has 1 heterocycles. The summed E-state index contributed by atoms with van der Waals surface area (Å²) in [4.78, 5) is 7.32. The van der Waals surface area contributed by atoms with E-state index in [1.165, 1.54) is 12.1 Å². The van der Waals surface area contributed by atoms with E-state index < -0.39 is 6.29 Å². The number of halogens is 1. The second kappa shape index (κ2) is 5.25. The summed E-state index contributed by atoms with van der Waals surface area (Å²) in [5, 5.41) is 0. The van der Waals surface area contributed by atoms with Gasteiger partial charge in [-0.05, 0) is 32.0 Å². The Balaban J connectivity index is 2.33. The molecule has 0 spiro atoms. The van der Waals surface area contributed by atoms with Gasteiger partial charge in [0.25, 0.3) is 0 Å². The predicted octanol–water partition coefficient (Wildman–Crippen LogP) is 2.77. The molecule has 17 heavy (non-hydrogen) atoms. The fourth-order valence-electron chi connectivity index (χ4n) is 1.62. The van der Waals surface area contributed by atoms with Gasteiger partial charge in [0.15, 0.2) is 5.82 Å². The Kier molecular flexibility index (Phi) is 3.71. The first kappa shape index (κ1) is 12.0. The van der Waals surface area contributed by atoms with Gasteiger partial charge in [0.1, 0.15) is 5.82 Å². The number of hydrogen-bond donors (Lipinski definition) is 1. The third-order valence-electron chi connectivity index (χ3n) is 2.32. The van der Waals surface area contributed by atoms with Crippen LogP contribution < -0.4 is 0 Å². The Morgan fingerprint density at radius 3 is 2.65 bits per heavy atom. The molecule has 2 rings (SSSR count). The first-order valence-electron chi connectivity index (χ1n) is 5.63. The highest BCUT2D eigenvalue weighted by Gasteiger charge is 2.16. The molecule has 0 fully saturated rings. The number of nitrogens with one attached hydrogen (secondary N) is 1. The van der Waals surface area contributed by atoms with Crippen molar-refractivity contribution in [1.29, 1.82) is 0 Å². The molecule has 1 N–H and O–H groups in total. The molecule has 0 unspecified atom stereocenters. The summed E-state index contributed by atoms with van der Waals surface area (Å²) in [6.45, 7) is 4.81. The lowest BCUT2D eigenvalue weighted by Crippen LogP contribution is -2.10. The molecule has 0 radical (unpaired) electrons. The van der Waals surface area contributed by atoms with Crippen molar-refractivity contribution < 1.29 is 13.9 Å². The fraction of sp³-hybridized carbons (Fsp3) is 0.417. The molecule has 1 aromatic heterocycles. The number of hydrogen-bond acceptors (Lipinski definition) is 3. The number of imidazole rings is 1. The molecule has 0 amide bonds. The molecule has 0 aliphatic rings. The highest BCUT2D eigenvalue weighted by molar-refractivity contribution is 5.74. The first-order valence-corrected chi connectivity index (χ1v) is 5.63. The molecule has 0 saturated carbocycles. The van der Waals surface area contributed by atoms with E-state index in [1.54, 1.807) is 6.07 Å². The van der Waals surface area contributed by atoms with E-state index in [1.807, 2.05) is 13.8 Å². The maximum Gasteiger partial charge on any atom is 0.217 e. The molecule has 92 valence electrons. The van der Waals surface area contributed by atoms with Gasteiger partial charge in [-0.25, -0.2) is 9.37 Å². The van der Waals surface area contributed by atoms with Crippen LogP contribution in [0.15, 0.2) is 18.2 Å². The van der Waals surface area contributed by atoms with Gasteiger partial charge in [-0.1, -0.05) is 0 Å². The minimum atomic E-state index is -0.527. The largest absolute Gasteiger partial charge is 0.346 e. The molecule has 0 aliphatic carbocycles.